The Hall–Kier alpha value is -2.00. The predicted octanol–water partition coefficient (Wildman–Crippen LogP) is 0.0733. The molecule has 3 rings (SSSR count). The van der Waals surface area contributed by atoms with Crippen LogP contribution in [0.2, 0.25) is 0 Å². The number of aliphatic imine (C=N–C) groups is 1. The molecule has 0 spiro atoms. The van der Waals surface area contributed by atoms with Crippen LogP contribution in [0.5, 0.6) is 11.5 Å². The van der Waals surface area contributed by atoms with Crippen LogP contribution in [-0.4, -0.2) is 52.1 Å². The van der Waals surface area contributed by atoms with Gasteiger partial charge in [0.2, 0.25) is 16.0 Å². The lowest BCUT2D eigenvalue weighted by molar-refractivity contribution is 0.254. The van der Waals surface area contributed by atoms with Crippen LogP contribution in [-0.2, 0) is 16.6 Å². The minimum absolute atomic E-state index is 0.280. The minimum atomic E-state index is -3.31. The van der Waals surface area contributed by atoms with Crippen LogP contribution in [0.3, 0.4) is 0 Å². The Morgan fingerprint density at radius 1 is 1.30 bits per heavy atom. The van der Waals surface area contributed by atoms with Gasteiger partial charge in [0.1, 0.15) is 0 Å². The molecule has 23 heavy (non-hydrogen) atoms. The molecule has 1 aromatic rings. The van der Waals surface area contributed by atoms with Gasteiger partial charge in [-0.1, -0.05) is 6.07 Å². The Balaban J connectivity index is 1.61. The third kappa shape index (κ3) is 4.49. The second kappa shape index (κ2) is 6.63. The first-order valence-electron chi connectivity index (χ1n) is 7.36. The van der Waals surface area contributed by atoms with Crippen molar-refractivity contribution < 1.29 is 17.9 Å². The summed E-state index contributed by atoms with van der Waals surface area (Å²) in [7, 11) is -3.31. The molecule has 9 heteroatoms. The molecule has 2 N–H and O–H groups in total. The van der Waals surface area contributed by atoms with Crippen molar-refractivity contribution in [3.8, 4) is 11.5 Å². The summed E-state index contributed by atoms with van der Waals surface area (Å²) in [4.78, 5) is 6.23. The van der Waals surface area contributed by atoms with E-state index in [1.165, 1.54) is 0 Å². The number of rotatable bonds is 3. The quantitative estimate of drug-likeness (QED) is 0.809. The number of nitrogens with one attached hydrogen (secondary N) is 2. The van der Waals surface area contributed by atoms with Crippen molar-refractivity contribution in [2.45, 2.75) is 13.0 Å². The van der Waals surface area contributed by atoms with Crippen LogP contribution in [0.25, 0.3) is 0 Å². The maximum absolute atomic E-state index is 11.2. The molecular weight excluding hydrogens is 320 g/mol. The highest BCUT2D eigenvalue weighted by molar-refractivity contribution is 7.89. The molecule has 2 aliphatic heterocycles. The maximum atomic E-state index is 11.2. The fraction of sp³-hybridized carbons (Fsp3) is 0.500. The molecule has 1 aromatic carbocycles. The SMILES string of the molecule is CS(=O)(=O)NC1=NCN(Cc2ccc3c(c2)OCCCO3)CN1. The van der Waals surface area contributed by atoms with Crippen molar-refractivity contribution in [3.63, 3.8) is 0 Å². The Bertz CT molecular complexity index is 705. The van der Waals surface area contributed by atoms with Crippen molar-refractivity contribution in [2.75, 3.05) is 32.8 Å². The molecule has 0 bridgehead atoms. The summed E-state index contributed by atoms with van der Waals surface area (Å²) in [5, 5.41) is 2.95. The first-order chi connectivity index (χ1) is 11.0. The zero-order chi connectivity index (χ0) is 16.3. The van der Waals surface area contributed by atoms with E-state index in [0.29, 0.717) is 33.1 Å². The van der Waals surface area contributed by atoms with E-state index in [9.17, 15) is 8.42 Å². The second-order valence-electron chi connectivity index (χ2n) is 5.52. The third-order valence-corrected chi connectivity index (χ3v) is 3.96. The van der Waals surface area contributed by atoms with Gasteiger partial charge < -0.3 is 14.8 Å². The summed E-state index contributed by atoms with van der Waals surface area (Å²) in [6.45, 7) is 2.94. The van der Waals surface area contributed by atoms with E-state index >= 15 is 0 Å². The summed E-state index contributed by atoms with van der Waals surface area (Å²) in [5.74, 6) is 1.83. The fourth-order valence-corrected chi connectivity index (χ4v) is 2.87. The Labute approximate surface area is 135 Å². The van der Waals surface area contributed by atoms with Crippen LogP contribution in [0.1, 0.15) is 12.0 Å². The van der Waals surface area contributed by atoms with Gasteiger partial charge >= 0.3 is 0 Å². The Morgan fingerprint density at radius 2 is 2.09 bits per heavy atom. The average Bonchev–Trinajstić information content (AvgIpc) is 2.72. The van der Waals surface area contributed by atoms with Crippen molar-refractivity contribution >= 4 is 16.0 Å². The summed E-state index contributed by atoms with van der Waals surface area (Å²) in [5.41, 5.74) is 1.09. The maximum Gasteiger partial charge on any atom is 0.232 e. The highest BCUT2D eigenvalue weighted by atomic mass is 32.2. The first-order valence-corrected chi connectivity index (χ1v) is 9.26. The van der Waals surface area contributed by atoms with E-state index in [1.807, 2.05) is 23.1 Å². The monoisotopic (exact) mass is 340 g/mol. The minimum Gasteiger partial charge on any atom is -0.490 e. The fourth-order valence-electron chi connectivity index (χ4n) is 2.38. The van der Waals surface area contributed by atoms with E-state index in [-0.39, 0.29) is 5.96 Å². The third-order valence-electron chi connectivity index (χ3n) is 3.40. The number of fused-ring (bicyclic) bond motifs is 1. The summed E-state index contributed by atoms with van der Waals surface area (Å²) in [6, 6.07) is 5.91. The zero-order valence-electron chi connectivity index (χ0n) is 12.9. The van der Waals surface area contributed by atoms with Crippen LogP contribution >= 0.6 is 0 Å². The molecule has 126 valence electrons. The van der Waals surface area contributed by atoms with Gasteiger partial charge in [-0.3, -0.25) is 9.62 Å². The molecule has 0 saturated heterocycles. The van der Waals surface area contributed by atoms with E-state index in [1.54, 1.807) is 0 Å². The molecule has 8 nitrogen and oxygen atoms in total. The number of hydrogen-bond acceptors (Lipinski definition) is 7. The molecule has 0 aliphatic carbocycles. The number of nitrogens with zero attached hydrogens (tertiary/aromatic N) is 2. The van der Waals surface area contributed by atoms with Gasteiger partial charge in [0.25, 0.3) is 0 Å². The van der Waals surface area contributed by atoms with Gasteiger partial charge in [-0.25, -0.2) is 13.4 Å². The highest BCUT2D eigenvalue weighted by Gasteiger charge is 2.16. The lowest BCUT2D eigenvalue weighted by Gasteiger charge is -2.26. The van der Waals surface area contributed by atoms with Crippen LogP contribution in [0, 0.1) is 0 Å². The van der Waals surface area contributed by atoms with E-state index in [2.05, 4.69) is 15.0 Å². The molecule has 0 atom stereocenters. The Kier molecular flexibility index (Phi) is 4.58. The normalized spacial score (nSPS) is 18.6. The van der Waals surface area contributed by atoms with Crippen LogP contribution < -0.4 is 19.5 Å². The molecule has 0 saturated carbocycles. The molecule has 0 aromatic heterocycles. The predicted molar refractivity (Wildman–Crippen MR) is 85.9 cm³/mol. The number of hydrogen-bond donors (Lipinski definition) is 2. The van der Waals surface area contributed by atoms with Gasteiger partial charge in [0, 0.05) is 13.0 Å². The van der Waals surface area contributed by atoms with Gasteiger partial charge in [-0.2, -0.15) is 0 Å². The first kappa shape index (κ1) is 15.9. The van der Waals surface area contributed by atoms with Gasteiger partial charge in [-0.15, -0.1) is 0 Å². The van der Waals surface area contributed by atoms with Crippen molar-refractivity contribution in [1.29, 1.82) is 0 Å². The average molecular weight is 340 g/mol. The lowest BCUT2D eigenvalue weighted by Crippen LogP contribution is -2.49. The largest absolute Gasteiger partial charge is 0.490 e. The van der Waals surface area contributed by atoms with E-state index in [4.69, 9.17) is 9.47 Å². The topological polar surface area (TPSA) is 92.3 Å². The molecule has 0 fully saturated rings. The molecule has 0 amide bonds. The summed E-state index contributed by atoms with van der Waals surface area (Å²) >= 11 is 0. The second-order valence-corrected chi connectivity index (χ2v) is 7.27. The molecule has 2 aliphatic rings. The highest BCUT2D eigenvalue weighted by Crippen LogP contribution is 2.30. The molecule has 2 heterocycles. The van der Waals surface area contributed by atoms with Crippen molar-refractivity contribution in [1.82, 2.24) is 14.9 Å². The molecular formula is C14H20N4O4S. The number of benzene rings is 1. The lowest BCUT2D eigenvalue weighted by atomic mass is 10.2. The standard InChI is InChI=1S/C14H20N4O4S/c1-23(19,20)17-14-15-9-18(10-16-14)8-11-3-4-12-13(7-11)22-6-2-5-21-12/h3-4,7H,2,5-6,8-10H2,1H3,(H2,15,16,17). The van der Waals surface area contributed by atoms with Crippen LogP contribution in [0.15, 0.2) is 23.2 Å². The summed E-state index contributed by atoms with van der Waals surface area (Å²) < 4.78 is 36.0. The van der Waals surface area contributed by atoms with Crippen molar-refractivity contribution in [3.05, 3.63) is 23.8 Å². The number of sulfonamides is 1. The van der Waals surface area contributed by atoms with Gasteiger partial charge in [0.05, 0.1) is 32.8 Å². The van der Waals surface area contributed by atoms with Gasteiger partial charge in [0.15, 0.2) is 11.5 Å². The molecule has 0 unspecified atom stereocenters. The van der Waals surface area contributed by atoms with E-state index < -0.39 is 10.0 Å². The van der Waals surface area contributed by atoms with Gasteiger partial charge in [-0.05, 0) is 17.7 Å². The van der Waals surface area contributed by atoms with Crippen LogP contribution in [0.4, 0.5) is 0 Å². The summed E-state index contributed by atoms with van der Waals surface area (Å²) in [6.07, 6.45) is 1.98. The molecule has 0 radical (unpaired) electrons. The number of ether oxygens (including phenoxy) is 2. The van der Waals surface area contributed by atoms with E-state index in [0.717, 1.165) is 29.7 Å². The van der Waals surface area contributed by atoms with Crippen molar-refractivity contribution in [2.24, 2.45) is 4.99 Å². The number of guanidine groups is 1. The Morgan fingerprint density at radius 3 is 2.78 bits per heavy atom. The smallest absolute Gasteiger partial charge is 0.232 e. The zero-order valence-corrected chi connectivity index (χ0v) is 13.7.